The van der Waals surface area contributed by atoms with Gasteiger partial charge >= 0.3 is 12.3 Å². The normalized spacial score (nSPS) is 14.2. The zero-order valence-electron chi connectivity index (χ0n) is 14.9. The number of aliphatic hydroxyl groups excluding tert-OH is 1. The van der Waals surface area contributed by atoms with E-state index in [4.69, 9.17) is 9.84 Å². The van der Waals surface area contributed by atoms with Crippen molar-refractivity contribution in [2.75, 3.05) is 6.61 Å². The Balaban J connectivity index is 2.95. The van der Waals surface area contributed by atoms with Gasteiger partial charge in [0.1, 0.15) is 11.6 Å². The van der Waals surface area contributed by atoms with E-state index in [2.05, 4.69) is 26.2 Å². The fourth-order valence-corrected chi connectivity index (χ4v) is 2.21. The SMILES string of the molecule is CC(C)(C)OC(=O)N[C@@H](CCO)C(=O)N[C@@H](c1ccc(Br)cn1)C(F)(F)F. The minimum atomic E-state index is -4.81. The second-order valence-corrected chi connectivity index (χ2v) is 7.51. The van der Waals surface area contributed by atoms with Crippen LogP contribution in [0.3, 0.4) is 0 Å². The van der Waals surface area contributed by atoms with Crippen LogP contribution in [0, 0.1) is 0 Å². The van der Waals surface area contributed by atoms with E-state index in [1.165, 1.54) is 12.3 Å². The molecule has 0 saturated carbocycles. The molecule has 0 saturated heterocycles. The highest BCUT2D eigenvalue weighted by molar-refractivity contribution is 9.10. The van der Waals surface area contributed by atoms with E-state index in [1.807, 2.05) is 5.32 Å². The Bertz CT molecular complexity index is 648. The van der Waals surface area contributed by atoms with E-state index in [9.17, 15) is 22.8 Å². The summed E-state index contributed by atoms with van der Waals surface area (Å²) in [7, 11) is 0. The van der Waals surface area contributed by atoms with Crippen molar-refractivity contribution >= 4 is 27.9 Å². The van der Waals surface area contributed by atoms with Gasteiger partial charge < -0.3 is 20.5 Å². The summed E-state index contributed by atoms with van der Waals surface area (Å²) < 4.78 is 45.6. The molecule has 11 heteroatoms. The topological polar surface area (TPSA) is 101 Å². The molecule has 152 valence electrons. The first-order chi connectivity index (χ1) is 12.3. The van der Waals surface area contributed by atoms with Crippen LogP contribution >= 0.6 is 15.9 Å². The van der Waals surface area contributed by atoms with Crippen LogP contribution in [0.2, 0.25) is 0 Å². The Hall–Kier alpha value is -1.88. The Kier molecular flexibility index (Phi) is 8.03. The maximum absolute atomic E-state index is 13.4. The van der Waals surface area contributed by atoms with Crippen molar-refractivity contribution in [1.82, 2.24) is 15.6 Å². The van der Waals surface area contributed by atoms with Gasteiger partial charge in [0.2, 0.25) is 5.91 Å². The molecule has 0 aromatic carbocycles. The number of aliphatic hydroxyl groups is 1. The molecule has 1 aromatic rings. The lowest BCUT2D eigenvalue weighted by Crippen LogP contribution is -2.51. The van der Waals surface area contributed by atoms with Crippen LogP contribution in [0.1, 0.15) is 38.9 Å². The maximum atomic E-state index is 13.4. The van der Waals surface area contributed by atoms with Crippen LogP contribution in [0.5, 0.6) is 0 Å². The monoisotopic (exact) mass is 455 g/mol. The number of hydrogen-bond acceptors (Lipinski definition) is 5. The highest BCUT2D eigenvalue weighted by atomic mass is 79.9. The summed E-state index contributed by atoms with van der Waals surface area (Å²) in [6, 6.07) is -1.31. The summed E-state index contributed by atoms with van der Waals surface area (Å²) in [5.74, 6) is -1.12. The van der Waals surface area contributed by atoms with Gasteiger partial charge in [0, 0.05) is 17.3 Å². The van der Waals surface area contributed by atoms with Gasteiger partial charge in [-0.05, 0) is 55.3 Å². The van der Waals surface area contributed by atoms with Gasteiger partial charge in [-0.2, -0.15) is 13.2 Å². The molecule has 0 bridgehead atoms. The van der Waals surface area contributed by atoms with Crippen LogP contribution in [0.15, 0.2) is 22.8 Å². The molecule has 7 nitrogen and oxygen atoms in total. The Morgan fingerprint density at radius 3 is 2.33 bits per heavy atom. The fraction of sp³-hybridized carbons (Fsp3) is 0.562. The average Bonchev–Trinajstić information content (AvgIpc) is 2.50. The van der Waals surface area contributed by atoms with E-state index >= 15 is 0 Å². The van der Waals surface area contributed by atoms with E-state index in [0.29, 0.717) is 4.47 Å². The number of halogens is 4. The number of amides is 2. The second kappa shape index (κ2) is 9.36. The molecule has 1 rings (SSSR count). The molecule has 0 spiro atoms. The molecule has 27 heavy (non-hydrogen) atoms. The number of carbonyl (C=O) groups is 2. The van der Waals surface area contributed by atoms with Gasteiger partial charge in [0.05, 0.1) is 5.69 Å². The molecule has 0 aliphatic heterocycles. The lowest BCUT2D eigenvalue weighted by atomic mass is 10.1. The number of rotatable bonds is 6. The third-order valence-electron chi connectivity index (χ3n) is 3.09. The zero-order valence-corrected chi connectivity index (χ0v) is 16.5. The first kappa shape index (κ1) is 23.2. The number of carbonyl (C=O) groups excluding carboxylic acids is 2. The van der Waals surface area contributed by atoms with Crippen molar-refractivity contribution in [3.8, 4) is 0 Å². The standard InChI is InChI=1S/C16H21BrF3N3O4/c1-15(2,3)27-14(26)22-11(6-7-24)13(25)23-12(16(18,19)20)10-5-4-9(17)8-21-10/h4-5,8,11-12,24H,6-7H2,1-3H3,(H,22,26)(H,23,25)/t11-,12-/m0/s1. The van der Waals surface area contributed by atoms with E-state index in [1.54, 1.807) is 20.8 Å². The summed E-state index contributed by atoms with van der Waals surface area (Å²) in [5.41, 5.74) is -1.28. The number of pyridine rings is 1. The molecule has 2 atom stereocenters. The predicted molar refractivity (Wildman–Crippen MR) is 93.7 cm³/mol. The second-order valence-electron chi connectivity index (χ2n) is 6.60. The number of aromatic nitrogens is 1. The average molecular weight is 456 g/mol. The molecule has 3 N–H and O–H groups in total. The lowest BCUT2D eigenvalue weighted by molar-refractivity contribution is -0.164. The molecule has 0 fully saturated rings. The summed E-state index contributed by atoms with van der Waals surface area (Å²) in [6.45, 7) is 4.24. The van der Waals surface area contributed by atoms with Crippen molar-refractivity contribution < 1.29 is 32.6 Å². The molecule has 0 aliphatic rings. The van der Waals surface area contributed by atoms with Crippen LogP contribution in [-0.4, -0.2) is 46.5 Å². The molecule has 1 heterocycles. The minimum absolute atomic E-state index is 0.288. The van der Waals surface area contributed by atoms with Crippen molar-refractivity contribution in [3.63, 3.8) is 0 Å². The number of ether oxygens (including phenoxy) is 1. The quantitative estimate of drug-likeness (QED) is 0.612. The first-order valence-electron chi connectivity index (χ1n) is 7.92. The van der Waals surface area contributed by atoms with Crippen molar-refractivity contribution in [1.29, 1.82) is 0 Å². The Morgan fingerprint density at radius 2 is 1.89 bits per heavy atom. The predicted octanol–water partition coefficient (Wildman–Crippen LogP) is 2.84. The first-order valence-corrected chi connectivity index (χ1v) is 8.71. The minimum Gasteiger partial charge on any atom is -0.444 e. The van der Waals surface area contributed by atoms with E-state index < -0.39 is 48.2 Å². The van der Waals surface area contributed by atoms with Gasteiger partial charge in [-0.15, -0.1) is 0 Å². The number of alkyl halides is 3. The number of nitrogens with zero attached hydrogens (tertiary/aromatic N) is 1. The van der Waals surface area contributed by atoms with Crippen LogP contribution in [0.25, 0.3) is 0 Å². The molecule has 0 radical (unpaired) electrons. The number of hydrogen-bond donors (Lipinski definition) is 3. The molecule has 0 aliphatic carbocycles. The van der Waals surface area contributed by atoms with Crippen LogP contribution < -0.4 is 10.6 Å². The highest BCUT2D eigenvalue weighted by Crippen LogP contribution is 2.32. The number of nitrogens with one attached hydrogen (secondary N) is 2. The molecule has 0 unspecified atom stereocenters. The molecule has 1 aromatic heterocycles. The summed E-state index contributed by atoms with van der Waals surface area (Å²) in [4.78, 5) is 27.8. The summed E-state index contributed by atoms with van der Waals surface area (Å²) in [6.07, 6.45) is -4.92. The zero-order chi connectivity index (χ0) is 20.8. The van der Waals surface area contributed by atoms with E-state index in [0.717, 1.165) is 6.07 Å². The third kappa shape index (κ3) is 8.12. The largest absolute Gasteiger partial charge is 0.444 e. The molecular formula is C16H21BrF3N3O4. The third-order valence-corrected chi connectivity index (χ3v) is 3.55. The fourth-order valence-electron chi connectivity index (χ4n) is 1.97. The smallest absolute Gasteiger partial charge is 0.414 e. The van der Waals surface area contributed by atoms with Gasteiger partial charge in [-0.3, -0.25) is 9.78 Å². The Labute approximate surface area is 162 Å². The van der Waals surface area contributed by atoms with Gasteiger partial charge in [-0.1, -0.05) is 0 Å². The van der Waals surface area contributed by atoms with Crippen LogP contribution in [-0.2, 0) is 9.53 Å². The van der Waals surface area contributed by atoms with Gasteiger partial charge in [0.15, 0.2) is 6.04 Å². The molecular weight excluding hydrogens is 435 g/mol. The number of alkyl carbamates (subject to hydrolysis) is 1. The Morgan fingerprint density at radius 1 is 1.26 bits per heavy atom. The highest BCUT2D eigenvalue weighted by Gasteiger charge is 2.43. The molecule has 2 amide bonds. The van der Waals surface area contributed by atoms with Gasteiger partial charge in [0.25, 0.3) is 0 Å². The van der Waals surface area contributed by atoms with Crippen molar-refractivity contribution in [2.24, 2.45) is 0 Å². The summed E-state index contributed by atoms with van der Waals surface area (Å²) >= 11 is 3.07. The summed E-state index contributed by atoms with van der Waals surface area (Å²) in [5, 5.41) is 13.0. The lowest BCUT2D eigenvalue weighted by Gasteiger charge is -2.26. The maximum Gasteiger partial charge on any atom is 0.414 e. The van der Waals surface area contributed by atoms with Crippen molar-refractivity contribution in [2.45, 2.75) is 51.1 Å². The van der Waals surface area contributed by atoms with E-state index in [-0.39, 0.29) is 6.42 Å². The van der Waals surface area contributed by atoms with Crippen molar-refractivity contribution in [3.05, 3.63) is 28.5 Å². The van der Waals surface area contributed by atoms with Crippen LogP contribution in [0.4, 0.5) is 18.0 Å². The van der Waals surface area contributed by atoms with Gasteiger partial charge in [-0.25, -0.2) is 4.79 Å².